The van der Waals surface area contributed by atoms with Gasteiger partial charge in [-0.3, -0.25) is 0 Å². The Kier molecular flexibility index (Phi) is 4.45. The van der Waals surface area contributed by atoms with Crippen molar-refractivity contribution in [2.75, 3.05) is 5.32 Å². The molecule has 0 aliphatic rings. The summed E-state index contributed by atoms with van der Waals surface area (Å²) in [5.74, 6) is -7.41. The van der Waals surface area contributed by atoms with E-state index in [0.29, 0.717) is 17.4 Å². The lowest BCUT2D eigenvalue weighted by atomic mass is 10.2. The van der Waals surface area contributed by atoms with Crippen LogP contribution in [0, 0.1) is 0 Å². The van der Waals surface area contributed by atoms with Crippen molar-refractivity contribution in [2.24, 2.45) is 0 Å². The summed E-state index contributed by atoms with van der Waals surface area (Å²) in [7, 11) is 0. The van der Waals surface area contributed by atoms with Crippen molar-refractivity contribution >= 4 is 5.69 Å². The van der Waals surface area contributed by atoms with Crippen LogP contribution in [0.1, 0.15) is 0 Å². The minimum absolute atomic E-state index is 0.368. The molecule has 0 unspecified atom stereocenters. The van der Waals surface area contributed by atoms with E-state index in [0.717, 1.165) is 12.1 Å². The number of anilines is 1. The maximum absolute atomic E-state index is 13.4. The summed E-state index contributed by atoms with van der Waals surface area (Å²) in [6, 6.07) is 2.42. The molecule has 22 heavy (non-hydrogen) atoms. The highest BCUT2D eigenvalue weighted by atomic mass is 19.4. The van der Waals surface area contributed by atoms with Crippen LogP contribution in [0.4, 0.5) is 49.6 Å². The SMILES string of the molecule is FC(F)(F)Oc1ccccc1NC(F)(C(F)(F)F)C(F)(F)F. The number of rotatable bonds is 3. The molecule has 0 spiro atoms. The van der Waals surface area contributed by atoms with Crippen LogP contribution in [0.5, 0.6) is 5.75 Å². The Balaban J connectivity index is 3.27. The van der Waals surface area contributed by atoms with Gasteiger partial charge in [-0.1, -0.05) is 12.1 Å². The molecule has 0 aliphatic carbocycles. The second kappa shape index (κ2) is 5.39. The van der Waals surface area contributed by atoms with Gasteiger partial charge in [0.05, 0.1) is 5.69 Å². The molecule has 126 valence electrons. The summed E-state index contributed by atoms with van der Waals surface area (Å²) in [5, 5.41) is 0.385. The van der Waals surface area contributed by atoms with E-state index in [9.17, 15) is 43.9 Å². The first kappa shape index (κ1) is 18.2. The molecule has 0 aliphatic heterocycles. The molecule has 1 aromatic rings. The lowest BCUT2D eigenvalue weighted by Gasteiger charge is -2.31. The molecule has 0 aromatic heterocycles. The van der Waals surface area contributed by atoms with Gasteiger partial charge < -0.3 is 10.1 Å². The first-order valence-electron chi connectivity index (χ1n) is 5.13. The van der Waals surface area contributed by atoms with E-state index in [-0.39, 0.29) is 0 Å². The van der Waals surface area contributed by atoms with E-state index < -0.39 is 35.9 Å². The topological polar surface area (TPSA) is 21.3 Å². The van der Waals surface area contributed by atoms with Crippen LogP contribution in [-0.2, 0) is 0 Å². The summed E-state index contributed by atoms with van der Waals surface area (Å²) >= 11 is 0. The maximum atomic E-state index is 13.4. The quantitative estimate of drug-likeness (QED) is 0.628. The Bertz CT molecular complexity index is 504. The van der Waals surface area contributed by atoms with Gasteiger partial charge in [0.2, 0.25) is 0 Å². The number of hydrogen-bond donors (Lipinski definition) is 1. The van der Waals surface area contributed by atoms with Crippen molar-refractivity contribution < 1.29 is 48.6 Å². The molecule has 0 radical (unpaired) electrons. The first-order valence-corrected chi connectivity index (χ1v) is 5.13. The molecule has 1 N–H and O–H groups in total. The van der Waals surface area contributed by atoms with E-state index in [1.54, 1.807) is 0 Å². The largest absolute Gasteiger partial charge is 0.573 e. The van der Waals surface area contributed by atoms with Gasteiger partial charge in [-0.15, -0.1) is 13.2 Å². The lowest BCUT2D eigenvalue weighted by Crippen LogP contribution is -2.58. The van der Waals surface area contributed by atoms with Gasteiger partial charge in [0.25, 0.3) is 0 Å². The summed E-state index contributed by atoms with van der Waals surface area (Å²) in [4.78, 5) is 0. The average molecular weight is 345 g/mol. The highest BCUT2D eigenvalue weighted by Gasteiger charge is 2.73. The van der Waals surface area contributed by atoms with E-state index >= 15 is 0 Å². The molecule has 12 heteroatoms. The molecule has 0 atom stereocenters. The van der Waals surface area contributed by atoms with E-state index in [1.807, 2.05) is 0 Å². The molecule has 1 rings (SSSR count). The first-order chi connectivity index (χ1) is 9.67. The van der Waals surface area contributed by atoms with Crippen molar-refractivity contribution in [3.8, 4) is 5.75 Å². The summed E-state index contributed by atoms with van der Waals surface area (Å²) < 4.78 is 127. The van der Waals surface area contributed by atoms with Gasteiger partial charge in [-0.05, 0) is 12.1 Å². The third-order valence-corrected chi connectivity index (χ3v) is 2.20. The van der Waals surface area contributed by atoms with Gasteiger partial charge in [-0.2, -0.15) is 30.7 Å². The predicted octanol–water partition coefficient (Wildman–Crippen LogP) is 4.79. The molecule has 1 aromatic carbocycles. The molecule has 2 nitrogen and oxygen atoms in total. The van der Waals surface area contributed by atoms with Crippen LogP contribution >= 0.6 is 0 Å². The van der Waals surface area contributed by atoms with Gasteiger partial charge in [0.1, 0.15) is 0 Å². The van der Waals surface area contributed by atoms with Crippen LogP contribution in [0.2, 0.25) is 0 Å². The molecule has 0 saturated carbocycles. The molecule has 0 saturated heterocycles. The smallest absolute Gasteiger partial charge is 0.404 e. The minimum Gasteiger partial charge on any atom is -0.404 e. The van der Waals surface area contributed by atoms with Crippen molar-refractivity contribution in [3.05, 3.63) is 24.3 Å². The summed E-state index contributed by atoms with van der Waals surface area (Å²) in [5.41, 5.74) is -1.48. The summed E-state index contributed by atoms with van der Waals surface area (Å²) in [6.45, 7) is 0. The van der Waals surface area contributed by atoms with Crippen LogP contribution < -0.4 is 10.1 Å². The number of ether oxygens (including phenoxy) is 1. The zero-order valence-corrected chi connectivity index (χ0v) is 10.00. The maximum Gasteiger partial charge on any atom is 0.573 e. The Morgan fingerprint density at radius 2 is 1.18 bits per heavy atom. The monoisotopic (exact) mass is 345 g/mol. The highest BCUT2D eigenvalue weighted by molar-refractivity contribution is 5.58. The fourth-order valence-electron chi connectivity index (χ4n) is 1.27. The number of alkyl halides is 10. The number of para-hydroxylation sites is 2. The molecule has 0 heterocycles. The summed E-state index contributed by atoms with van der Waals surface area (Å²) in [6.07, 6.45) is -18.3. The molecule has 0 bridgehead atoms. The van der Waals surface area contributed by atoms with Crippen molar-refractivity contribution in [1.82, 2.24) is 0 Å². The van der Waals surface area contributed by atoms with Crippen molar-refractivity contribution in [2.45, 2.75) is 24.5 Å². The standard InChI is InChI=1S/C10H5F10NO/c11-7(8(12,13)14,9(15,16)17)21-5-3-1-2-4-6(5)22-10(18,19)20/h1-4,21H. The van der Waals surface area contributed by atoms with Gasteiger partial charge in [0, 0.05) is 0 Å². The van der Waals surface area contributed by atoms with E-state index in [1.165, 1.54) is 0 Å². The zero-order chi connectivity index (χ0) is 17.4. The fourth-order valence-corrected chi connectivity index (χ4v) is 1.27. The number of hydrogen-bond acceptors (Lipinski definition) is 2. The van der Waals surface area contributed by atoms with Crippen LogP contribution in [0.15, 0.2) is 24.3 Å². The van der Waals surface area contributed by atoms with Gasteiger partial charge in [0.15, 0.2) is 5.75 Å². The number of benzene rings is 1. The van der Waals surface area contributed by atoms with Crippen LogP contribution in [0.3, 0.4) is 0 Å². The Hall–Kier alpha value is -1.88. The minimum atomic E-state index is -6.48. The number of halogens is 10. The zero-order valence-electron chi connectivity index (χ0n) is 10.00. The molecule has 0 amide bonds. The second-order valence-electron chi connectivity index (χ2n) is 3.82. The number of nitrogens with one attached hydrogen (secondary N) is 1. The predicted molar refractivity (Wildman–Crippen MR) is 52.7 cm³/mol. The third-order valence-electron chi connectivity index (χ3n) is 2.20. The lowest BCUT2D eigenvalue weighted by molar-refractivity contribution is -0.330. The third kappa shape index (κ3) is 3.85. The van der Waals surface area contributed by atoms with Gasteiger partial charge in [-0.25, -0.2) is 0 Å². The Labute approximate surface area is 115 Å². The van der Waals surface area contributed by atoms with Crippen LogP contribution in [0.25, 0.3) is 0 Å². The second-order valence-corrected chi connectivity index (χ2v) is 3.82. The molecular formula is C10H5F10NO. The Morgan fingerprint density at radius 1 is 0.727 bits per heavy atom. The van der Waals surface area contributed by atoms with Crippen molar-refractivity contribution in [3.63, 3.8) is 0 Å². The fraction of sp³-hybridized carbons (Fsp3) is 0.400. The highest BCUT2D eigenvalue weighted by Crippen LogP contribution is 2.47. The van der Waals surface area contributed by atoms with Gasteiger partial charge >= 0.3 is 24.5 Å². The van der Waals surface area contributed by atoms with Crippen molar-refractivity contribution in [1.29, 1.82) is 0 Å². The van der Waals surface area contributed by atoms with Crippen LogP contribution in [-0.4, -0.2) is 24.5 Å². The van der Waals surface area contributed by atoms with E-state index in [2.05, 4.69) is 4.74 Å². The molecule has 0 fully saturated rings. The Morgan fingerprint density at radius 3 is 1.59 bits per heavy atom. The normalized spacial score (nSPS) is 13.9. The average Bonchev–Trinajstić information content (AvgIpc) is 2.26. The van der Waals surface area contributed by atoms with E-state index in [4.69, 9.17) is 0 Å². The molecular weight excluding hydrogens is 340 g/mol.